The van der Waals surface area contributed by atoms with E-state index >= 15 is 0 Å². The van der Waals surface area contributed by atoms with Crippen LogP contribution in [0.5, 0.6) is 0 Å². The van der Waals surface area contributed by atoms with Gasteiger partial charge in [-0.1, -0.05) is 29.8 Å². The van der Waals surface area contributed by atoms with Gasteiger partial charge in [-0.15, -0.1) is 0 Å². The second-order valence-electron chi connectivity index (χ2n) is 5.44. The maximum Gasteiger partial charge on any atom is 0.275 e. The first-order valence-corrected chi connectivity index (χ1v) is 7.33. The summed E-state index contributed by atoms with van der Waals surface area (Å²) in [7, 11) is 0. The molecule has 2 rings (SSSR count). The van der Waals surface area contributed by atoms with Crippen molar-refractivity contribution in [1.29, 1.82) is 0 Å². The summed E-state index contributed by atoms with van der Waals surface area (Å²) in [6.07, 6.45) is 2.50. The predicted octanol–water partition coefficient (Wildman–Crippen LogP) is 1.88. The maximum atomic E-state index is 11.8. The van der Waals surface area contributed by atoms with E-state index < -0.39 is 0 Å². The van der Waals surface area contributed by atoms with E-state index in [4.69, 9.17) is 11.6 Å². The van der Waals surface area contributed by atoms with E-state index in [0.717, 1.165) is 10.6 Å². The first-order valence-electron chi connectivity index (χ1n) is 6.95. The zero-order valence-electron chi connectivity index (χ0n) is 11.5. The smallest absolute Gasteiger partial charge is 0.275 e. The molecule has 0 saturated heterocycles. The minimum absolute atomic E-state index is 0.110. The Balaban J connectivity index is 1.78. The van der Waals surface area contributed by atoms with Gasteiger partial charge < -0.3 is 10.6 Å². The molecule has 19 heavy (non-hydrogen) atoms. The number of amides is 1. The lowest BCUT2D eigenvalue weighted by Gasteiger charge is -2.15. The van der Waals surface area contributed by atoms with Gasteiger partial charge in [0.1, 0.15) is 6.04 Å². The molecule has 0 unspecified atom stereocenters. The number of carbonyl (C=O) groups is 1. The number of nitrogens with two attached hydrogens (primary N) is 1. The highest BCUT2D eigenvalue weighted by Gasteiger charge is 2.29. The lowest BCUT2D eigenvalue weighted by atomic mass is 10.1. The first kappa shape index (κ1) is 14.4. The van der Waals surface area contributed by atoms with Crippen LogP contribution in [0.4, 0.5) is 0 Å². The molecule has 0 bridgehead atoms. The molecule has 0 heterocycles. The van der Waals surface area contributed by atoms with Crippen molar-refractivity contribution in [2.45, 2.75) is 38.8 Å². The molecule has 1 fully saturated rings. The molecule has 0 radical (unpaired) electrons. The van der Waals surface area contributed by atoms with Gasteiger partial charge in [-0.2, -0.15) is 0 Å². The highest BCUT2D eigenvalue weighted by molar-refractivity contribution is 6.31. The predicted molar refractivity (Wildman–Crippen MR) is 77.0 cm³/mol. The fourth-order valence-electron chi connectivity index (χ4n) is 2.28. The van der Waals surface area contributed by atoms with E-state index in [2.05, 4.69) is 19.2 Å². The normalized spacial score (nSPS) is 17.8. The summed E-state index contributed by atoms with van der Waals surface area (Å²) in [5.74, 6) is 0.809. The highest BCUT2D eigenvalue weighted by atomic mass is 35.5. The van der Waals surface area contributed by atoms with E-state index in [1.165, 1.54) is 12.8 Å². The van der Waals surface area contributed by atoms with Gasteiger partial charge in [0.05, 0.1) is 0 Å². The van der Waals surface area contributed by atoms with Crippen molar-refractivity contribution in [3.05, 3.63) is 34.9 Å². The molecule has 1 aliphatic rings. The summed E-state index contributed by atoms with van der Waals surface area (Å²) < 4.78 is 0. The van der Waals surface area contributed by atoms with E-state index in [9.17, 15) is 4.79 Å². The third-order valence-corrected chi connectivity index (χ3v) is 4.11. The van der Waals surface area contributed by atoms with Crippen molar-refractivity contribution in [2.75, 3.05) is 6.54 Å². The number of halogens is 1. The van der Waals surface area contributed by atoms with Crippen LogP contribution in [-0.4, -0.2) is 18.5 Å². The Kier molecular flexibility index (Phi) is 4.83. The van der Waals surface area contributed by atoms with Crippen LogP contribution in [0.3, 0.4) is 0 Å². The number of hydrogen-bond acceptors (Lipinski definition) is 1. The van der Waals surface area contributed by atoms with Gasteiger partial charge in [0.15, 0.2) is 6.54 Å². The molecular weight excluding hydrogens is 260 g/mol. The highest BCUT2D eigenvalue weighted by Crippen LogP contribution is 2.32. The van der Waals surface area contributed by atoms with Crippen LogP contribution in [0.2, 0.25) is 5.02 Å². The Labute approximate surface area is 119 Å². The minimum Gasteiger partial charge on any atom is -0.348 e. The summed E-state index contributed by atoms with van der Waals surface area (Å²) in [5.41, 5.74) is 1.08. The third kappa shape index (κ3) is 4.22. The molecule has 1 saturated carbocycles. The van der Waals surface area contributed by atoms with Crippen LogP contribution in [0, 0.1) is 5.92 Å². The number of quaternary nitrogens is 1. The molecule has 1 aromatic carbocycles. The molecule has 0 spiro atoms. The summed E-state index contributed by atoms with van der Waals surface area (Å²) in [4.78, 5) is 11.8. The van der Waals surface area contributed by atoms with Gasteiger partial charge >= 0.3 is 0 Å². The first-order chi connectivity index (χ1) is 9.08. The lowest BCUT2D eigenvalue weighted by molar-refractivity contribution is -0.682. The van der Waals surface area contributed by atoms with E-state index in [1.54, 1.807) is 0 Å². The monoisotopic (exact) mass is 281 g/mol. The van der Waals surface area contributed by atoms with Crippen LogP contribution in [0.1, 0.15) is 38.3 Å². The fraction of sp³-hybridized carbons (Fsp3) is 0.533. The van der Waals surface area contributed by atoms with Gasteiger partial charge in [-0.3, -0.25) is 4.79 Å². The van der Waals surface area contributed by atoms with Gasteiger partial charge in [0.2, 0.25) is 0 Å². The van der Waals surface area contributed by atoms with Crippen molar-refractivity contribution in [2.24, 2.45) is 5.92 Å². The third-order valence-electron chi connectivity index (χ3n) is 3.77. The number of rotatable bonds is 6. The molecule has 2 atom stereocenters. The Hall–Kier alpha value is -1.06. The Bertz CT molecular complexity index is 446. The maximum absolute atomic E-state index is 11.8. The van der Waals surface area contributed by atoms with Gasteiger partial charge in [-0.25, -0.2) is 0 Å². The molecule has 4 heteroatoms. The number of carbonyl (C=O) groups excluding carboxylic acids is 1. The summed E-state index contributed by atoms with van der Waals surface area (Å²) >= 11 is 6.15. The van der Waals surface area contributed by atoms with Gasteiger partial charge in [0, 0.05) is 16.6 Å². The van der Waals surface area contributed by atoms with Crippen LogP contribution in [0.25, 0.3) is 0 Å². The van der Waals surface area contributed by atoms with E-state index in [-0.39, 0.29) is 11.9 Å². The summed E-state index contributed by atoms with van der Waals surface area (Å²) in [6.45, 7) is 4.61. The van der Waals surface area contributed by atoms with Crippen LogP contribution in [-0.2, 0) is 4.79 Å². The summed E-state index contributed by atoms with van der Waals surface area (Å²) in [5, 5.41) is 5.85. The molecule has 1 aromatic rings. The molecule has 3 nitrogen and oxygen atoms in total. The second kappa shape index (κ2) is 6.40. The lowest BCUT2D eigenvalue weighted by Crippen LogP contribution is -2.87. The van der Waals surface area contributed by atoms with Crippen molar-refractivity contribution in [3.63, 3.8) is 0 Å². The minimum atomic E-state index is 0.110. The topological polar surface area (TPSA) is 45.7 Å². The molecule has 104 valence electrons. The average Bonchev–Trinajstić information content (AvgIpc) is 3.20. The SMILES string of the molecule is C[C@H]([NH2+]CC(=O)N[C@@H](C)C1CC1)c1ccccc1Cl. The van der Waals surface area contributed by atoms with Gasteiger partial charge in [0.25, 0.3) is 5.91 Å². The van der Waals surface area contributed by atoms with Crippen molar-refractivity contribution in [3.8, 4) is 0 Å². The Morgan fingerprint density at radius 2 is 2.11 bits per heavy atom. The summed E-state index contributed by atoms with van der Waals surface area (Å²) in [6, 6.07) is 8.29. The molecular formula is C15H22ClN2O+. The zero-order chi connectivity index (χ0) is 13.8. The fourth-order valence-corrected chi connectivity index (χ4v) is 2.59. The average molecular weight is 282 g/mol. The van der Waals surface area contributed by atoms with Crippen molar-refractivity contribution >= 4 is 17.5 Å². The number of hydrogen-bond donors (Lipinski definition) is 2. The van der Waals surface area contributed by atoms with Crippen molar-refractivity contribution in [1.82, 2.24) is 5.32 Å². The molecule has 1 amide bonds. The van der Waals surface area contributed by atoms with Gasteiger partial charge in [-0.05, 0) is 38.7 Å². The quantitative estimate of drug-likeness (QED) is 0.822. The van der Waals surface area contributed by atoms with Crippen LogP contribution in [0.15, 0.2) is 24.3 Å². The largest absolute Gasteiger partial charge is 0.348 e. The van der Waals surface area contributed by atoms with Crippen molar-refractivity contribution < 1.29 is 10.1 Å². The Morgan fingerprint density at radius 3 is 2.74 bits per heavy atom. The second-order valence-corrected chi connectivity index (χ2v) is 5.85. The standard InChI is InChI=1S/C15H21ClN2O/c1-10(12-7-8-12)18-15(19)9-17-11(2)13-5-3-4-6-14(13)16/h3-6,10-12,17H,7-9H2,1-2H3,(H,18,19)/p+1/t10-,11-/m0/s1. The zero-order valence-corrected chi connectivity index (χ0v) is 12.3. The number of nitrogens with one attached hydrogen (secondary N) is 1. The van der Waals surface area contributed by atoms with E-state index in [1.807, 2.05) is 29.6 Å². The van der Waals surface area contributed by atoms with Crippen LogP contribution >= 0.6 is 11.6 Å². The molecule has 0 aliphatic heterocycles. The number of benzene rings is 1. The van der Waals surface area contributed by atoms with E-state index in [0.29, 0.717) is 18.5 Å². The van der Waals surface area contributed by atoms with Crippen LogP contribution < -0.4 is 10.6 Å². The molecule has 0 aromatic heterocycles. The Morgan fingerprint density at radius 1 is 1.42 bits per heavy atom. The molecule has 3 N–H and O–H groups in total. The molecule has 1 aliphatic carbocycles.